The highest BCUT2D eigenvalue weighted by Gasteiger charge is 1.90. The van der Waals surface area contributed by atoms with E-state index in [2.05, 4.69) is 20.9 Å². The van der Waals surface area contributed by atoms with Crippen molar-refractivity contribution in [3.05, 3.63) is 34.6 Å². The van der Waals surface area contributed by atoms with E-state index in [1.54, 1.807) is 12.4 Å². The average molecular weight is 198 g/mol. The van der Waals surface area contributed by atoms with Crippen molar-refractivity contribution in [3.8, 4) is 0 Å². The summed E-state index contributed by atoms with van der Waals surface area (Å²) in [6, 6.07) is 1.96. The molecule has 10 heavy (non-hydrogen) atoms. The van der Waals surface area contributed by atoms with Gasteiger partial charge in [0.15, 0.2) is 0 Å². The molecule has 2 heteroatoms. The highest BCUT2D eigenvalue weighted by atomic mass is 79.9. The fourth-order valence-electron chi connectivity index (χ4n) is 0.701. The Morgan fingerprint density at radius 2 is 2.40 bits per heavy atom. The first kappa shape index (κ1) is 7.48. The van der Waals surface area contributed by atoms with E-state index in [1.807, 2.05) is 25.1 Å². The summed E-state index contributed by atoms with van der Waals surface area (Å²) in [7, 11) is 0. The molecule has 0 atom stereocenters. The highest BCUT2D eigenvalue weighted by molar-refractivity contribution is 9.10. The molecular formula is C8H8BrN. The molecule has 52 valence electrons. The number of nitrogens with zero attached hydrogens (tertiary/aromatic N) is 1. The number of aromatic nitrogens is 1. The number of rotatable bonds is 1. The summed E-state index contributed by atoms with van der Waals surface area (Å²) in [4.78, 5) is 3.95. The molecule has 0 unspecified atom stereocenters. The Labute approximate surface area is 68.9 Å². The number of pyridine rings is 1. The van der Waals surface area contributed by atoms with Crippen molar-refractivity contribution in [2.75, 3.05) is 0 Å². The van der Waals surface area contributed by atoms with Gasteiger partial charge in [-0.1, -0.05) is 12.2 Å². The lowest BCUT2D eigenvalue weighted by molar-refractivity contribution is 1.30. The van der Waals surface area contributed by atoms with Gasteiger partial charge in [0.05, 0.1) is 0 Å². The molecule has 1 rings (SSSR count). The summed E-state index contributed by atoms with van der Waals surface area (Å²) >= 11 is 3.38. The molecule has 1 aromatic rings. The fraction of sp³-hybridized carbons (Fsp3) is 0.125. The summed E-state index contributed by atoms with van der Waals surface area (Å²) in [5.74, 6) is 0. The Bertz CT molecular complexity index is 243. The topological polar surface area (TPSA) is 12.9 Å². The minimum absolute atomic E-state index is 1.04. The lowest BCUT2D eigenvalue weighted by atomic mass is 10.2. The minimum atomic E-state index is 1.04. The largest absolute Gasteiger partial charge is 0.264 e. The highest BCUT2D eigenvalue weighted by Crippen LogP contribution is 2.15. The van der Waals surface area contributed by atoms with Gasteiger partial charge in [0.25, 0.3) is 0 Å². The van der Waals surface area contributed by atoms with E-state index in [-0.39, 0.29) is 0 Å². The molecule has 0 saturated carbocycles. The molecule has 0 aromatic carbocycles. The normalized spacial score (nSPS) is 10.6. The van der Waals surface area contributed by atoms with Gasteiger partial charge in [-0.25, -0.2) is 0 Å². The quantitative estimate of drug-likeness (QED) is 0.675. The predicted molar refractivity (Wildman–Crippen MR) is 46.6 cm³/mol. The molecular weight excluding hydrogens is 190 g/mol. The van der Waals surface area contributed by atoms with Crippen LogP contribution in [0, 0.1) is 0 Å². The lowest BCUT2D eigenvalue weighted by Gasteiger charge is -1.93. The van der Waals surface area contributed by atoms with Gasteiger partial charge in [0.1, 0.15) is 0 Å². The first-order valence-electron chi connectivity index (χ1n) is 3.07. The number of hydrogen-bond acceptors (Lipinski definition) is 1. The summed E-state index contributed by atoms with van der Waals surface area (Å²) in [6.07, 6.45) is 7.60. The molecule has 0 saturated heterocycles. The van der Waals surface area contributed by atoms with Crippen LogP contribution in [0.3, 0.4) is 0 Å². The maximum absolute atomic E-state index is 3.95. The van der Waals surface area contributed by atoms with Crippen molar-refractivity contribution in [1.82, 2.24) is 4.98 Å². The zero-order valence-corrected chi connectivity index (χ0v) is 7.30. The first-order valence-corrected chi connectivity index (χ1v) is 3.86. The number of hydrogen-bond donors (Lipinski definition) is 0. The molecule has 0 N–H and O–H groups in total. The van der Waals surface area contributed by atoms with Gasteiger partial charge in [-0.05, 0) is 34.5 Å². The summed E-state index contributed by atoms with van der Waals surface area (Å²) in [6.45, 7) is 1.99. The van der Waals surface area contributed by atoms with Gasteiger partial charge in [0, 0.05) is 16.9 Å². The van der Waals surface area contributed by atoms with Crippen LogP contribution >= 0.6 is 15.9 Å². The third kappa shape index (κ3) is 1.67. The van der Waals surface area contributed by atoms with Crippen molar-refractivity contribution >= 4 is 22.0 Å². The van der Waals surface area contributed by atoms with E-state index in [0.29, 0.717) is 0 Å². The molecule has 0 aliphatic carbocycles. The Hall–Kier alpha value is -0.630. The van der Waals surface area contributed by atoms with Crippen LogP contribution in [0.25, 0.3) is 6.08 Å². The number of halogens is 1. The van der Waals surface area contributed by atoms with Crippen LogP contribution in [0.2, 0.25) is 0 Å². The standard InChI is InChI=1S/C8H8BrN/c1-2-3-7-4-5-10-6-8(7)9/h2-6H,1H3. The molecule has 0 bridgehead atoms. The van der Waals surface area contributed by atoms with Crippen molar-refractivity contribution in [1.29, 1.82) is 0 Å². The van der Waals surface area contributed by atoms with Gasteiger partial charge in [0.2, 0.25) is 0 Å². The van der Waals surface area contributed by atoms with Gasteiger partial charge < -0.3 is 0 Å². The lowest BCUT2D eigenvalue weighted by Crippen LogP contribution is -1.75. The Kier molecular flexibility index (Phi) is 2.63. The van der Waals surface area contributed by atoms with Gasteiger partial charge in [-0.15, -0.1) is 0 Å². The van der Waals surface area contributed by atoms with Gasteiger partial charge >= 0.3 is 0 Å². The van der Waals surface area contributed by atoms with Crippen molar-refractivity contribution in [2.45, 2.75) is 6.92 Å². The van der Waals surface area contributed by atoms with Crippen LogP contribution in [0.4, 0.5) is 0 Å². The first-order chi connectivity index (χ1) is 4.84. The zero-order chi connectivity index (χ0) is 7.40. The van der Waals surface area contributed by atoms with E-state index in [9.17, 15) is 0 Å². The molecule has 1 nitrogen and oxygen atoms in total. The minimum Gasteiger partial charge on any atom is -0.264 e. The van der Waals surface area contributed by atoms with E-state index in [4.69, 9.17) is 0 Å². The second kappa shape index (κ2) is 3.52. The van der Waals surface area contributed by atoms with Crippen molar-refractivity contribution in [2.24, 2.45) is 0 Å². The van der Waals surface area contributed by atoms with E-state index < -0.39 is 0 Å². The Morgan fingerprint density at radius 3 is 3.00 bits per heavy atom. The molecule has 0 radical (unpaired) electrons. The van der Waals surface area contributed by atoms with Gasteiger partial charge in [-0.3, -0.25) is 4.98 Å². The monoisotopic (exact) mass is 197 g/mol. The second-order valence-electron chi connectivity index (χ2n) is 1.90. The van der Waals surface area contributed by atoms with E-state index in [1.165, 1.54) is 0 Å². The third-order valence-corrected chi connectivity index (χ3v) is 1.81. The summed E-state index contributed by atoms with van der Waals surface area (Å²) in [5.41, 5.74) is 1.16. The predicted octanol–water partition coefficient (Wildman–Crippen LogP) is 2.88. The van der Waals surface area contributed by atoms with E-state index in [0.717, 1.165) is 10.0 Å². The van der Waals surface area contributed by atoms with Crippen LogP contribution < -0.4 is 0 Å². The Balaban J connectivity index is 3.03. The molecule has 0 amide bonds. The smallest absolute Gasteiger partial charge is 0.0431 e. The Morgan fingerprint density at radius 1 is 1.60 bits per heavy atom. The van der Waals surface area contributed by atoms with Crippen LogP contribution in [0.5, 0.6) is 0 Å². The van der Waals surface area contributed by atoms with Crippen LogP contribution in [-0.2, 0) is 0 Å². The number of allylic oxidation sites excluding steroid dienone is 1. The maximum atomic E-state index is 3.95. The van der Waals surface area contributed by atoms with Crippen molar-refractivity contribution < 1.29 is 0 Å². The second-order valence-corrected chi connectivity index (χ2v) is 2.75. The third-order valence-electron chi connectivity index (χ3n) is 1.15. The zero-order valence-electron chi connectivity index (χ0n) is 5.71. The van der Waals surface area contributed by atoms with Crippen LogP contribution in [0.15, 0.2) is 29.0 Å². The average Bonchev–Trinajstić information content (AvgIpc) is 1.94. The van der Waals surface area contributed by atoms with Gasteiger partial charge in [-0.2, -0.15) is 0 Å². The van der Waals surface area contributed by atoms with Crippen LogP contribution in [-0.4, -0.2) is 4.98 Å². The molecule has 0 fully saturated rings. The molecule has 0 aliphatic heterocycles. The summed E-state index contributed by atoms with van der Waals surface area (Å²) < 4.78 is 1.04. The van der Waals surface area contributed by atoms with Crippen molar-refractivity contribution in [3.63, 3.8) is 0 Å². The van der Waals surface area contributed by atoms with E-state index >= 15 is 0 Å². The molecule has 1 aromatic heterocycles. The fourth-order valence-corrected chi connectivity index (χ4v) is 1.08. The molecule has 0 aliphatic rings. The maximum Gasteiger partial charge on any atom is 0.0431 e. The summed E-state index contributed by atoms with van der Waals surface area (Å²) in [5, 5.41) is 0. The van der Waals surface area contributed by atoms with Crippen LogP contribution in [0.1, 0.15) is 12.5 Å². The molecule has 1 heterocycles. The molecule has 0 spiro atoms. The SMILES string of the molecule is CC=Cc1ccncc1Br.